The smallest absolute Gasteiger partial charge is 0.138 e. The van der Waals surface area contributed by atoms with Gasteiger partial charge in [-0.2, -0.15) is 0 Å². The van der Waals surface area contributed by atoms with Crippen LogP contribution >= 0.6 is 0 Å². The number of hydrogen-bond donors (Lipinski definition) is 2. The molecule has 158 valence electrons. The van der Waals surface area contributed by atoms with Gasteiger partial charge in [-0.3, -0.25) is 0 Å². The Morgan fingerprint density at radius 2 is 1.16 bits per heavy atom. The summed E-state index contributed by atoms with van der Waals surface area (Å²) in [4.78, 5) is 16.3. The number of nitrogens with one attached hydrogen (secondary N) is 2. The van der Waals surface area contributed by atoms with Crippen LogP contribution in [-0.2, 0) is 0 Å². The summed E-state index contributed by atoms with van der Waals surface area (Å²) in [6, 6.07) is 12.6. The number of H-pyrrole nitrogens is 2. The highest BCUT2D eigenvalue weighted by Gasteiger charge is 2.10. The summed E-state index contributed by atoms with van der Waals surface area (Å²) in [6.45, 7) is 11.6. The molecule has 2 aromatic carbocycles. The largest absolute Gasteiger partial charge is 0.338 e. The van der Waals surface area contributed by atoms with Crippen LogP contribution in [0.2, 0.25) is 0 Å². The first-order valence-electron chi connectivity index (χ1n) is 10.6. The van der Waals surface area contributed by atoms with Gasteiger partial charge in [0.05, 0.1) is 22.1 Å². The number of allylic oxidation sites excluding steroid dienone is 10. The fraction of sp³-hybridized carbons (Fsp3) is 0.0714. The number of imidazole rings is 2. The molecule has 4 rings (SSSR count). The lowest BCUT2D eigenvalue weighted by Crippen LogP contribution is -1.83. The Morgan fingerprint density at radius 3 is 1.53 bits per heavy atom. The summed E-state index contributed by atoms with van der Waals surface area (Å²) in [5.74, 6) is 1.66. The van der Waals surface area contributed by atoms with Gasteiger partial charge in [0.15, 0.2) is 0 Å². The Morgan fingerprint density at radius 1 is 0.719 bits per heavy atom. The zero-order valence-electron chi connectivity index (χ0n) is 18.4. The number of aromatic amines is 2. The number of aromatic nitrogens is 4. The average molecular weight is 419 g/mol. The predicted octanol–water partition coefficient (Wildman–Crippen LogP) is 7.40. The second-order valence-electron chi connectivity index (χ2n) is 7.35. The van der Waals surface area contributed by atoms with Gasteiger partial charge in [0, 0.05) is 11.1 Å². The molecule has 0 saturated carbocycles. The zero-order valence-corrected chi connectivity index (χ0v) is 18.4. The molecule has 32 heavy (non-hydrogen) atoms. The van der Waals surface area contributed by atoms with E-state index in [9.17, 15) is 0 Å². The molecule has 0 spiro atoms. The lowest BCUT2D eigenvalue weighted by molar-refractivity contribution is 1.27. The van der Waals surface area contributed by atoms with Gasteiger partial charge in [0.25, 0.3) is 0 Å². The summed E-state index contributed by atoms with van der Waals surface area (Å²) in [5, 5.41) is 0. The number of hydrogen-bond acceptors (Lipinski definition) is 2. The molecule has 0 fully saturated rings. The van der Waals surface area contributed by atoms with Gasteiger partial charge in [0.2, 0.25) is 0 Å². The van der Waals surface area contributed by atoms with E-state index in [4.69, 9.17) is 9.97 Å². The van der Waals surface area contributed by atoms with Gasteiger partial charge >= 0.3 is 0 Å². The SMILES string of the molecule is C=C/C=C(\C=C/C)c1nc2ccc(-c3ccc4nc(C(/C=C\C)=C/C=C)[nH]c4c3)cc2[nH]1. The van der Waals surface area contributed by atoms with Crippen molar-refractivity contribution >= 4 is 33.2 Å². The third kappa shape index (κ3) is 4.16. The van der Waals surface area contributed by atoms with Crippen molar-refractivity contribution in [2.45, 2.75) is 13.8 Å². The van der Waals surface area contributed by atoms with Gasteiger partial charge in [-0.25, -0.2) is 9.97 Å². The zero-order chi connectivity index (χ0) is 22.5. The van der Waals surface area contributed by atoms with Gasteiger partial charge in [0.1, 0.15) is 11.6 Å². The maximum absolute atomic E-state index is 4.73. The second kappa shape index (κ2) is 9.31. The van der Waals surface area contributed by atoms with Crippen molar-refractivity contribution in [3.05, 3.63) is 110 Å². The molecule has 0 aliphatic rings. The molecular formula is C28H26N4. The van der Waals surface area contributed by atoms with Crippen molar-refractivity contribution in [2.75, 3.05) is 0 Å². The molecule has 0 saturated heterocycles. The van der Waals surface area contributed by atoms with E-state index in [0.717, 1.165) is 56.0 Å². The number of rotatable bonds is 7. The standard InChI is InChI=1S/C28H26N4/c1-5-9-19(10-6-2)27-29-23-15-13-21(17-25(23)31-27)22-14-16-24-26(18-22)32-28(30-24)20(11-7-3)12-8-4/h5-18H,1,3H2,2,4H3,(H,29,31)(H,30,32)/b10-6-,12-8-,19-9+,20-11+. The maximum Gasteiger partial charge on any atom is 0.138 e. The average Bonchev–Trinajstić information content (AvgIpc) is 3.41. The Bertz CT molecular complexity index is 1310. The molecule has 0 aliphatic heterocycles. The number of fused-ring (bicyclic) bond motifs is 2. The van der Waals surface area contributed by atoms with E-state index in [1.165, 1.54) is 0 Å². The van der Waals surface area contributed by atoms with Crippen molar-refractivity contribution < 1.29 is 0 Å². The molecule has 2 N–H and O–H groups in total. The molecule has 0 atom stereocenters. The van der Waals surface area contributed by atoms with E-state index in [2.05, 4.69) is 47.4 Å². The first kappa shape index (κ1) is 21.1. The fourth-order valence-corrected chi connectivity index (χ4v) is 3.69. The van der Waals surface area contributed by atoms with E-state index < -0.39 is 0 Å². The molecule has 0 aliphatic carbocycles. The lowest BCUT2D eigenvalue weighted by atomic mass is 10.0. The molecule has 4 heteroatoms. The van der Waals surface area contributed by atoms with E-state index in [1.54, 1.807) is 12.2 Å². The maximum atomic E-state index is 4.73. The van der Waals surface area contributed by atoms with Crippen molar-refractivity contribution in [3.8, 4) is 11.1 Å². The van der Waals surface area contributed by atoms with Crippen molar-refractivity contribution in [3.63, 3.8) is 0 Å². The Balaban J connectivity index is 1.74. The molecule has 0 radical (unpaired) electrons. The summed E-state index contributed by atoms with van der Waals surface area (Å²) < 4.78 is 0. The minimum Gasteiger partial charge on any atom is -0.338 e. The van der Waals surface area contributed by atoms with E-state index in [-0.39, 0.29) is 0 Å². The lowest BCUT2D eigenvalue weighted by Gasteiger charge is -2.01. The Hall–Kier alpha value is -4.18. The summed E-state index contributed by atoms with van der Waals surface area (Å²) in [5.41, 5.74) is 8.06. The molecule has 2 heterocycles. The summed E-state index contributed by atoms with van der Waals surface area (Å²) >= 11 is 0. The molecule has 4 nitrogen and oxygen atoms in total. The predicted molar refractivity (Wildman–Crippen MR) is 137 cm³/mol. The van der Waals surface area contributed by atoms with Crippen molar-refractivity contribution in [1.82, 2.24) is 19.9 Å². The molecule has 0 unspecified atom stereocenters. The van der Waals surface area contributed by atoms with Crippen molar-refractivity contribution in [1.29, 1.82) is 0 Å². The van der Waals surface area contributed by atoms with Crippen LogP contribution in [0.15, 0.2) is 98.2 Å². The molecule has 2 aromatic heterocycles. The van der Waals surface area contributed by atoms with E-state index >= 15 is 0 Å². The van der Waals surface area contributed by atoms with Crippen LogP contribution in [0.4, 0.5) is 0 Å². The minimum atomic E-state index is 0.828. The second-order valence-corrected chi connectivity index (χ2v) is 7.35. The normalized spacial score (nSPS) is 13.1. The third-order valence-electron chi connectivity index (χ3n) is 5.13. The topological polar surface area (TPSA) is 57.4 Å². The Kier molecular flexibility index (Phi) is 6.13. The first-order valence-corrected chi connectivity index (χ1v) is 10.6. The van der Waals surface area contributed by atoms with E-state index in [1.807, 2.05) is 62.4 Å². The molecule has 4 aromatic rings. The van der Waals surface area contributed by atoms with Crippen LogP contribution in [-0.4, -0.2) is 19.9 Å². The highest BCUT2D eigenvalue weighted by Crippen LogP contribution is 2.28. The monoisotopic (exact) mass is 418 g/mol. The van der Waals surface area contributed by atoms with Gasteiger partial charge in [-0.1, -0.05) is 73.9 Å². The Labute approximate surface area is 188 Å². The highest BCUT2D eigenvalue weighted by molar-refractivity contribution is 5.89. The van der Waals surface area contributed by atoms with Gasteiger partial charge in [-0.15, -0.1) is 0 Å². The number of nitrogens with zero attached hydrogens (tertiary/aromatic N) is 2. The fourth-order valence-electron chi connectivity index (χ4n) is 3.69. The first-order chi connectivity index (χ1) is 15.7. The van der Waals surface area contributed by atoms with Crippen LogP contribution in [0.1, 0.15) is 25.5 Å². The highest BCUT2D eigenvalue weighted by atomic mass is 14.9. The summed E-state index contributed by atoms with van der Waals surface area (Å²) in [7, 11) is 0. The quantitative estimate of drug-likeness (QED) is 0.307. The van der Waals surface area contributed by atoms with Crippen LogP contribution in [0.3, 0.4) is 0 Å². The van der Waals surface area contributed by atoms with Crippen LogP contribution < -0.4 is 0 Å². The van der Waals surface area contributed by atoms with E-state index in [0.29, 0.717) is 0 Å². The molecule has 0 bridgehead atoms. The van der Waals surface area contributed by atoms with Crippen LogP contribution in [0.25, 0.3) is 44.3 Å². The number of benzene rings is 2. The minimum absolute atomic E-state index is 0.828. The summed E-state index contributed by atoms with van der Waals surface area (Å²) in [6.07, 6.45) is 15.5. The third-order valence-corrected chi connectivity index (χ3v) is 5.13. The van der Waals surface area contributed by atoms with Crippen molar-refractivity contribution in [2.24, 2.45) is 0 Å². The molecule has 0 amide bonds. The van der Waals surface area contributed by atoms with Gasteiger partial charge in [-0.05, 0) is 49.2 Å². The molecular weight excluding hydrogens is 392 g/mol. The van der Waals surface area contributed by atoms with Crippen LogP contribution in [0, 0.1) is 0 Å². The van der Waals surface area contributed by atoms with Gasteiger partial charge < -0.3 is 9.97 Å². The van der Waals surface area contributed by atoms with Crippen LogP contribution in [0.5, 0.6) is 0 Å².